The van der Waals surface area contributed by atoms with Gasteiger partial charge in [-0.1, -0.05) is 37.6 Å². The van der Waals surface area contributed by atoms with Crippen LogP contribution in [0.1, 0.15) is 48.1 Å². The summed E-state index contributed by atoms with van der Waals surface area (Å²) in [6, 6.07) is 7.03. The van der Waals surface area contributed by atoms with Gasteiger partial charge in [0.25, 0.3) is 0 Å². The van der Waals surface area contributed by atoms with Crippen molar-refractivity contribution in [2.24, 2.45) is 10.2 Å². The SMILES string of the molecule is CCCCC(=O)NC1=C2C(=O)c3ccccc3C2N=N1. The summed E-state index contributed by atoms with van der Waals surface area (Å²) in [5.41, 5.74) is 2.02. The quantitative estimate of drug-likeness (QED) is 0.912. The Balaban J connectivity index is 1.87. The monoisotopic (exact) mass is 269 g/mol. The van der Waals surface area contributed by atoms with Crippen LogP contribution in [-0.2, 0) is 4.79 Å². The number of fused-ring (bicyclic) bond motifs is 3. The van der Waals surface area contributed by atoms with Gasteiger partial charge in [0.1, 0.15) is 6.04 Å². The van der Waals surface area contributed by atoms with Gasteiger partial charge in [-0.05, 0) is 12.0 Å². The Kier molecular flexibility index (Phi) is 3.18. The molecule has 5 nitrogen and oxygen atoms in total. The lowest BCUT2D eigenvalue weighted by Gasteiger charge is -2.04. The number of hydrogen-bond acceptors (Lipinski definition) is 4. The van der Waals surface area contributed by atoms with Crippen LogP contribution in [0.25, 0.3) is 0 Å². The van der Waals surface area contributed by atoms with E-state index in [-0.39, 0.29) is 17.7 Å². The smallest absolute Gasteiger partial charge is 0.225 e. The molecule has 0 fully saturated rings. The lowest BCUT2D eigenvalue weighted by Crippen LogP contribution is -2.22. The maximum Gasteiger partial charge on any atom is 0.225 e. The summed E-state index contributed by atoms with van der Waals surface area (Å²) in [6.45, 7) is 2.03. The second kappa shape index (κ2) is 5.00. The summed E-state index contributed by atoms with van der Waals surface area (Å²) in [5, 5.41) is 10.8. The van der Waals surface area contributed by atoms with Crippen LogP contribution in [-0.4, -0.2) is 11.7 Å². The molecule has 5 heteroatoms. The first-order valence-corrected chi connectivity index (χ1v) is 6.81. The standard InChI is InChI=1S/C15H15N3O2/c1-2-3-8-11(19)16-15-12-13(17-18-15)9-6-4-5-7-10(9)14(12)20/h4-7,13H,2-3,8H2,1H3,(H,16,19). The van der Waals surface area contributed by atoms with Crippen molar-refractivity contribution in [1.82, 2.24) is 5.32 Å². The second-order valence-electron chi connectivity index (χ2n) is 4.95. The number of carbonyl (C=O) groups is 2. The lowest BCUT2D eigenvalue weighted by atomic mass is 10.1. The van der Waals surface area contributed by atoms with Gasteiger partial charge >= 0.3 is 0 Å². The van der Waals surface area contributed by atoms with Crippen LogP contribution in [0.4, 0.5) is 0 Å². The molecule has 1 aliphatic carbocycles. The molecule has 0 aromatic heterocycles. The number of nitrogens with zero attached hydrogens (tertiary/aromatic N) is 2. The van der Waals surface area contributed by atoms with E-state index in [2.05, 4.69) is 15.5 Å². The van der Waals surface area contributed by atoms with E-state index in [0.717, 1.165) is 18.4 Å². The summed E-state index contributed by atoms with van der Waals surface area (Å²) in [4.78, 5) is 24.1. The van der Waals surface area contributed by atoms with E-state index in [9.17, 15) is 9.59 Å². The van der Waals surface area contributed by atoms with Gasteiger partial charge in [0, 0.05) is 12.0 Å². The largest absolute Gasteiger partial charge is 0.309 e. The highest BCUT2D eigenvalue weighted by atomic mass is 16.2. The lowest BCUT2D eigenvalue weighted by molar-refractivity contribution is -0.120. The van der Waals surface area contributed by atoms with Gasteiger partial charge in [0.05, 0.1) is 5.57 Å². The van der Waals surface area contributed by atoms with Crippen molar-refractivity contribution in [3.05, 3.63) is 46.8 Å². The molecule has 1 aliphatic heterocycles. The number of benzene rings is 1. The number of rotatable bonds is 4. The minimum Gasteiger partial charge on any atom is -0.309 e. The van der Waals surface area contributed by atoms with Gasteiger partial charge in [-0.15, -0.1) is 5.11 Å². The number of unbranched alkanes of at least 4 members (excludes halogenated alkanes) is 1. The predicted molar refractivity (Wildman–Crippen MR) is 73.1 cm³/mol. The molecule has 1 aromatic carbocycles. The molecule has 0 radical (unpaired) electrons. The van der Waals surface area contributed by atoms with Gasteiger partial charge in [-0.25, -0.2) is 0 Å². The fourth-order valence-corrected chi connectivity index (χ4v) is 2.52. The van der Waals surface area contributed by atoms with Gasteiger partial charge in [0.2, 0.25) is 5.91 Å². The summed E-state index contributed by atoms with van der Waals surface area (Å²) >= 11 is 0. The maximum absolute atomic E-state index is 12.4. The van der Waals surface area contributed by atoms with Gasteiger partial charge in [-0.3, -0.25) is 9.59 Å². The van der Waals surface area contributed by atoms with Crippen LogP contribution >= 0.6 is 0 Å². The third-order valence-electron chi connectivity index (χ3n) is 3.56. The van der Waals surface area contributed by atoms with Crippen molar-refractivity contribution in [2.75, 3.05) is 0 Å². The Morgan fingerprint density at radius 3 is 2.95 bits per heavy atom. The molecule has 0 saturated heterocycles. The molecule has 1 atom stereocenters. The Labute approximate surface area is 116 Å². The first-order valence-electron chi connectivity index (χ1n) is 6.81. The van der Waals surface area contributed by atoms with Crippen molar-refractivity contribution >= 4 is 11.7 Å². The molecule has 1 heterocycles. The third-order valence-corrected chi connectivity index (χ3v) is 3.56. The van der Waals surface area contributed by atoms with Crippen LogP contribution in [0.2, 0.25) is 0 Å². The minimum atomic E-state index is -0.347. The Hall–Kier alpha value is -2.30. The van der Waals surface area contributed by atoms with Crippen molar-refractivity contribution < 1.29 is 9.59 Å². The van der Waals surface area contributed by atoms with E-state index in [0.29, 0.717) is 23.4 Å². The summed E-state index contributed by atoms with van der Waals surface area (Å²) in [6.07, 6.45) is 2.21. The zero-order valence-electron chi connectivity index (χ0n) is 11.2. The molecular weight excluding hydrogens is 254 g/mol. The zero-order valence-corrected chi connectivity index (χ0v) is 11.2. The topological polar surface area (TPSA) is 70.9 Å². The third kappa shape index (κ3) is 1.95. The second-order valence-corrected chi connectivity index (χ2v) is 4.95. The van der Waals surface area contributed by atoms with Crippen molar-refractivity contribution in [3.63, 3.8) is 0 Å². The van der Waals surface area contributed by atoms with Crippen LogP contribution in [0.3, 0.4) is 0 Å². The average Bonchev–Trinajstić information content (AvgIpc) is 2.99. The maximum atomic E-state index is 12.4. The molecule has 1 N–H and O–H groups in total. The summed E-state index contributed by atoms with van der Waals surface area (Å²) in [5.74, 6) is 0.122. The summed E-state index contributed by atoms with van der Waals surface area (Å²) in [7, 11) is 0. The highest BCUT2D eigenvalue weighted by molar-refractivity contribution is 6.15. The molecule has 0 bridgehead atoms. The van der Waals surface area contributed by atoms with E-state index in [4.69, 9.17) is 0 Å². The molecule has 20 heavy (non-hydrogen) atoms. The molecule has 1 unspecified atom stereocenters. The molecule has 0 saturated carbocycles. The fourth-order valence-electron chi connectivity index (χ4n) is 2.52. The van der Waals surface area contributed by atoms with E-state index in [1.807, 2.05) is 25.1 Å². The molecule has 3 rings (SSSR count). The van der Waals surface area contributed by atoms with Crippen LogP contribution in [0.5, 0.6) is 0 Å². The molecule has 1 amide bonds. The zero-order chi connectivity index (χ0) is 14.1. The van der Waals surface area contributed by atoms with Gasteiger partial charge in [0.15, 0.2) is 11.6 Å². The molecular formula is C15H15N3O2. The number of Topliss-reactive ketones (excluding diaryl/α,β-unsaturated/α-hetero) is 1. The number of nitrogens with one attached hydrogen (secondary N) is 1. The number of ketones is 1. The van der Waals surface area contributed by atoms with Crippen LogP contribution < -0.4 is 5.32 Å². The van der Waals surface area contributed by atoms with Crippen molar-refractivity contribution in [1.29, 1.82) is 0 Å². The highest BCUT2D eigenvalue weighted by Crippen LogP contribution is 2.43. The Morgan fingerprint density at radius 1 is 1.35 bits per heavy atom. The predicted octanol–water partition coefficient (Wildman–Crippen LogP) is 2.91. The number of amides is 1. The number of carbonyl (C=O) groups excluding carboxylic acids is 2. The average molecular weight is 269 g/mol. The van der Waals surface area contributed by atoms with E-state index >= 15 is 0 Å². The number of azo groups is 1. The van der Waals surface area contributed by atoms with Crippen LogP contribution in [0.15, 0.2) is 45.9 Å². The first-order chi connectivity index (χ1) is 9.72. The van der Waals surface area contributed by atoms with Gasteiger partial charge < -0.3 is 5.32 Å². The minimum absolute atomic E-state index is 0.0820. The molecule has 102 valence electrons. The number of hydrogen-bond donors (Lipinski definition) is 1. The first kappa shape index (κ1) is 12.7. The fraction of sp³-hybridized carbons (Fsp3) is 0.333. The molecule has 1 aromatic rings. The van der Waals surface area contributed by atoms with Crippen molar-refractivity contribution in [2.45, 2.75) is 32.2 Å². The van der Waals surface area contributed by atoms with Gasteiger partial charge in [-0.2, -0.15) is 5.11 Å². The van der Waals surface area contributed by atoms with E-state index in [1.54, 1.807) is 6.07 Å². The summed E-state index contributed by atoms with van der Waals surface area (Å²) < 4.78 is 0. The molecule has 0 spiro atoms. The van der Waals surface area contributed by atoms with E-state index in [1.165, 1.54) is 0 Å². The highest BCUT2D eigenvalue weighted by Gasteiger charge is 2.40. The van der Waals surface area contributed by atoms with Crippen molar-refractivity contribution in [3.8, 4) is 0 Å². The normalized spacial score (nSPS) is 19.2. The Bertz CT molecular complexity index is 646. The van der Waals surface area contributed by atoms with E-state index < -0.39 is 0 Å². The molecule has 2 aliphatic rings. The van der Waals surface area contributed by atoms with Crippen LogP contribution in [0, 0.1) is 0 Å². The Morgan fingerprint density at radius 2 is 2.15 bits per heavy atom.